The third-order valence-corrected chi connectivity index (χ3v) is 5.64. The average molecular weight is 442 g/mol. The van der Waals surface area contributed by atoms with Gasteiger partial charge in [-0.3, -0.25) is 4.79 Å². The van der Waals surface area contributed by atoms with Gasteiger partial charge in [0.1, 0.15) is 5.75 Å². The van der Waals surface area contributed by atoms with Crippen molar-refractivity contribution in [3.63, 3.8) is 0 Å². The Bertz CT molecular complexity index is 1210. The van der Waals surface area contributed by atoms with Crippen LogP contribution in [0.1, 0.15) is 16.1 Å². The zero-order chi connectivity index (χ0) is 22.6. The van der Waals surface area contributed by atoms with E-state index in [1.54, 1.807) is 24.3 Å². The number of carbonyl (C=O) groups excluding carboxylic acids is 1. The Morgan fingerprint density at radius 2 is 1.87 bits per heavy atom. The highest BCUT2D eigenvalue weighted by atomic mass is 32.2. The third-order valence-electron chi connectivity index (χ3n) is 4.51. The molecule has 0 bridgehead atoms. The van der Waals surface area contributed by atoms with Gasteiger partial charge in [-0.2, -0.15) is 0 Å². The Morgan fingerprint density at radius 1 is 1.16 bits per heavy atom. The van der Waals surface area contributed by atoms with E-state index in [9.17, 15) is 13.2 Å². The molecule has 9 nitrogen and oxygen atoms in total. The molecule has 0 saturated carbocycles. The standard InChI is InChI=1S/C21H23N5O4S/c1-23-11-14-5-4-6-16(19(14)30-2)26-21(27)18-20(22)24-12-17(25-18)13-7-9-15(10-8-13)31(3,28)29/h4-10,12,23H,11H2,1-3H3,(H2,22,24)(H,26,27). The molecule has 31 heavy (non-hydrogen) atoms. The Labute approximate surface area is 180 Å². The molecule has 10 heteroatoms. The first-order valence-corrected chi connectivity index (χ1v) is 11.2. The molecular formula is C21H23N5O4S. The highest BCUT2D eigenvalue weighted by molar-refractivity contribution is 7.90. The van der Waals surface area contributed by atoms with Gasteiger partial charge in [-0.1, -0.05) is 24.3 Å². The van der Waals surface area contributed by atoms with E-state index in [2.05, 4.69) is 20.6 Å². The fourth-order valence-electron chi connectivity index (χ4n) is 3.01. The zero-order valence-corrected chi connectivity index (χ0v) is 18.2. The number of hydrogen-bond acceptors (Lipinski definition) is 8. The van der Waals surface area contributed by atoms with Crippen LogP contribution in [-0.2, 0) is 16.4 Å². The van der Waals surface area contributed by atoms with Crippen LogP contribution in [0.4, 0.5) is 11.5 Å². The monoisotopic (exact) mass is 441 g/mol. The van der Waals surface area contributed by atoms with E-state index in [1.807, 2.05) is 13.1 Å². The number of nitrogens with two attached hydrogens (primary N) is 1. The lowest BCUT2D eigenvalue weighted by Gasteiger charge is -2.14. The molecule has 0 unspecified atom stereocenters. The van der Waals surface area contributed by atoms with Crippen LogP contribution in [0.5, 0.6) is 5.75 Å². The maximum atomic E-state index is 12.9. The van der Waals surface area contributed by atoms with Crippen LogP contribution < -0.4 is 21.1 Å². The first-order valence-electron chi connectivity index (χ1n) is 9.29. The van der Waals surface area contributed by atoms with E-state index in [0.717, 1.165) is 11.8 Å². The smallest absolute Gasteiger partial charge is 0.278 e. The summed E-state index contributed by atoms with van der Waals surface area (Å²) in [4.78, 5) is 21.5. The van der Waals surface area contributed by atoms with Gasteiger partial charge in [0.15, 0.2) is 21.3 Å². The number of anilines is 2. The number of nitrogen functional groups attached to an aromatic ring is 1. The van der Waals surface area contributed by atoms with Crippen molar-refractivity contribution in [2.75, 3.05) is 31.5 Å². The molecule has 0 aliphatic heterocycles. The topological polar surface area (TPSA) is 136 Å². The van der Waals surface area contributed by atoms with E-state index >= 15 is 0 Å². The number of rotatable bonds is 7. The molecule has 0 radical (unpaired) electrons. The molecule has 0 saturated heterocycles. The first kappa shape index (κ1) is 22.2. The summed E-state index contributed by atoms with van der Waals surface area (Å²) in [6.07, 6.45) is 2.56. The van der Waals surface area contributed by atoms with Gasteiger partial charge < -0.3 is 21.1 Å². The number of sulfone groups is 1. The lowest BCUT2D eigenvalue weighted by atomic mass is 10.1. The number of carbonyl (C=O) groups is 1. The summed E-state index contributed by atoms with van der Waals surface area (Å²) in [6.45, 7) is 0.563. The fraction of sp³-hybridized carbons (Fsp3) is 0.190. The number of nitrogens with zero attached hydrogens (tertiary/aromatic N) is 2. The number of amides is 1. The third kappa shape index (κ3) is 4.98. The molecule has 1 amide bonds. The summed E-state index contributed by atoms with van der Waals surface area (Å²) in [5.41, 5.74) is 8.18. The average Bonchev–Trinajstić information content (AvgIpc) is 2.74. The van der Waals surface area contributed by atoms with Crippen molar-refractivity contribution in [3.05, 3.63) is 59.9 Å². The molecular weight excluding hydrogens is 418 g/mol. The second-order valence-corrected chi connectivity index (χ2v) is 8.78. The summed E-state index contributed by atoms with van der Waals surface area (Å²) in [5.74, 6) is -0.0388. The van der Waals surface area contributed by atoms with Gasteiger partial charge in [0, 0.05) is 23.9 Å². The number of aromatic nitrogens is 2. The Kier molecular flexibility index (Phi) is 6.52. The number of nitrogens with one attached hydrogen (secondary N) is 2. The van der Waals surface area contributed by atoms with Crippen LogP contribution >= 0.6 is 0 Å². The highest BCUT2D eigenvalue weighted by Crippen LogP contribution is 2.29. The molecule has 162 valence electrons. The minimum absolute atomic E-state index is 0.0284. The van der Waals surface area contributed by atoms with Crippen molar-refractivity contribution >= 4 is 27.2 Å². The molecule has 0 atom stereocenters. The molecule has 0 aliphatic carbocycles. The summed E-state index contributed by atoms with van der Waals surface area (Å²) >= 11 is 0. The van der Waals surface area contributed by atoms with Crippen molar-refractivity contribution in [2.45, 2.75) is 11.4 Å². The van der Waals surface area contributed by atoms with Gasteiger partial charge in [0.25, 0.3) is 5.91 Å². The van der Waals surface area contributed by atoms with Crippen LogP contribution in [0.25, 0.3) is 11.3 Å². The van der Waals surface area contributed by atoms with Crippen LogP contribution in [0.2, 0.25) is 0 Å². The van der Waals surface area contributed by atoms with Crippen molar-refractivity contribution in [1.82, 2.24) is 15.3 Å². The Hall–Kier alpha value is -3.50. The minimum atomic E-state index is -3.32. The Morgan fingerprint density at radius 3 is 2.48 bits per heavy atom. The van der Waals surface area contributed by atoms with Crippen molar-refractivity contribution < 1.29 is 17.9 Å². The van der Waals surface area contributed by atoms with Gasteiger partial charge in [-0.15, -0.1) is 0 Å². The number of para-hydroxylation sites is 1. The molecule has 2 aromatic carbocycles. The second kappa shape index (κ2) is 9.11. The van der Waals surface area contributed by atoms with Crippen molar-refractivity contribution in [3.8, 4) is 17.0 Å². The zero-order valence-electron chi connectivity index (χ0n) is 17.3. The maximum absolute atomic E-state index is 12.9. The predicted molar refractivity (Wildman–Crippen MR) is 119 cm³/mol. The van der Waals surface area contributed by atoms with Gasteiger partial charge in [-0.05, 0) is 25.2 Å². The summed E-state index contributed by atoms with van der Waals surface area (Å²) in [6, 6.07) is 11.6. The molecule has 0 aliphatic rings. The van der Waals surface area contributed by atoms with Gasteiger partial charge in [0.2, 0.25) is 0 Å². The largest absolute Gasteiger partial charge is 0.494 e. The number of hydrogen-bond donors (Lipinski definition) is 3. The quantitative estimate of drug-likeness (QED) is 0.507. The summed E-state index contributed by atoms with van der Waals surface area (Å²) < 4.78 is 28.8. The second-order valence-electron chi connectivity index (χ2n) is 6.77. The van der Waals surface area contributed by atoms with Gasteiger partial charge in [-0.25, -0.2) is 18.4 Å². The maximum Gasteiger partial charge on any atom is 0.278 e. The van der Waals surface area contributed by atoms with E-state index < -0.39 is 15.7 Å². The molecule has 1 aromatic heterocycles. The minimum Gasteiger partial charge on any atom is -0.494 e. The van der Waals surface area contributed by atoms with E-state index in [4.69, 9.17) is 10.5 Å². The summed E-state index contributed by atoms with van der Waals surface area (Å²) in [5, 5.41) is 5.82. The number of ether oxygens (including phenoxy) is 1. The number of methoxy groups -OCH3 is 1. The van der Waals surface area contributed by atoms with Crippen molar-refractivity contribution in [2.24, 2.45) is 0 Å². The molecule has 3 aromatic rings. The highest BCUT2D eigenvalue weighted by Gasteiger charge is 2.18. The fourth-order valence-corrected chi connectivity index (χ4v) is 3.64. The van der Waals surface area contributed by atoms with E-state index in [-0.39, 0.29) is 16.4 Å². The molecule has 0 fully saturated rings. The molecule has 0 spiro atoms. The lowest BCUT2D eigenvalue weighted by molar-refractivity contribution is 0.102. The van der Waals surface area contributed by atoms with Gasteiger partial charge >= 0.3 is 0 Å². The van der Waals surface area contributed by atoms with Crippen molar-refractivity contribution in [1.29, 1.82) is 0 Å². The van der Waals surface area contributed by atoms with Crippen LogP contribution in [0, 0.1) is 0 Å². The van der Waals surface area contributed by atoms with Crippen LogP contribution in [0.15, 0.2) is 53.6 Å². The lowest BCUT2D eigenvalue weighted by Crippen LogP contribution is -2.18. The molecule has 1 heterocycles. The SMILES string of the molecule is CNCc1cccc(NC(=O)c2nc(-c3ccc(S(C)(=O)=O)cc3)cnc2N)c1OC. The van der Waals surface area contributed by atoms with E-state index in [0.29, 0.717) is 29.2 Å². The van der Waals surface area contributed by atoms with Crippen LogP contribution in [-0.4, -0.2) is 44.7 Å². The summed E-state index contributed by atoms with van der Waals surface area (Å²) in [7, 11) is 0.0257. The first-order chi connectivity index (χ1) is 14.7. The predicted octanol–water partition coefficient (Wildman–Crippen LogP) is 2.11. The number of benzene rings is 2. The van der Waals surface area contributed by atoms with E-state index in [1.165, 1.54) is 25.4 Å². The molecule has 4 N–H and O–H groups in total. The molecule has 3 rings (SSSR count). The van der Waals surface area contributed by atoms with Gasteiger partial charge in [0.05, 0.1) is 29.6 Å². The van der Waals surface area contributed by atoms with Crippen LogP contribution in [0.3, 0.4) is 0 Å². The Balaban J connectivity index is 1.92. The normalized spacial score (nSPS) is 11.2.